The standard InChI is InChI=1S/C14H9Cl2NO/c15-11-6-5-8(7-12(11)16)13-9-3-1-2-4-10(9)14(18)17-13/h1-7,13H,(H,17,18). The molecular formula is C14H9Cl2NO. The molecule has 2 nitrogen and oxygen atoms in total. The molecule has 3 rings (SSSR count). The van der Waals surface area contributed by atoms with Gasteiger partial charge in [-0.15, -0.1) is 0 Å². The van der Waals surface area contributed by atoms with Crippen LogP contribution >= 0.6 is 23.2 Å². The van der Waals surface area contributed by atoms with Crippen molar-refractivity contribution in [2.75, 3.05) is 0 Å². The van der Waals surface area contributed by atoms with Crippen molar-refractivity contribution in [2.45, 2.75) is 6.04 Å². The van der Waals surface area contributed by atoms with Gasteiger partial charge in [0.1, 0.15) is 0 Å². The first-order valence-electron chi connectivity index (χ1n) is 5.51. The van der Waals surface area contributed by atoms with E-state index in [-0.39, 0.29) is 11.9 Å². The minimum atomic E-state index is -0.150. The van der Waals surface area contributed by atoms with E-state index < -0.39 is 0 Å². The lowest BCUT2D eigenvalue weighted by Crippen LogP contribution is -2.19. The Bertz CT molecular complexity index is 639. The lowest BCUT2D eigenvalue weighted by molar-refractivity contribution is 0.0960. The predicted molar refractivity (Wildman–Crippen MR) is 72.2 cm³/mol. The van der Waals surface area contributed by atoms with Crippen LogP contribution in [0.15, 0.2) is 42.5 Å². The Morgan fingerprint density at radius 1 is 1.00 bits per heavy atom. The molecule has 0 aliphatic carbocycles. The quantitative estimate of drug-likeness (QED) is 0.844. The molecule has 0 fully saturated rings. The van der Waals surface area contributed by atoms with Crippen molar-refractivity contribution in [1.29, 1.82) is 0 Å². The van der Waals surface area contributed by atoms with Crippen LogP contribution in [-0.4, -0.2) is 5.91 Å². The van der Waals surface area contributed by atoms with Gasteiger partial charge in [0.2, 0.25) is 0 Å². The molecule has 0 spiro atoms. The number of fused-ring (bicyclic) bond motifs is 1. The fraction of sp³-hybridized carbons (Fsp3) is 0.0714. The van der Waals surface area contributed by atoms with E-state index in [1.165, 1.54) is 0 Å². The van der Waals surface area contributed by atoms with Crippen molar-refractivity contribution in [3.63, 3.8) is 0 Å². The summed E-state index contributed by atoms with van der Waals surface area (Å²) in [7, 11) is 0. The molecule has 18 heavy (non-hydrogen) atoms. The van der Waals surface area contributed by atoms with Gasteiger partial charge in [0.15, 0.2) is 0 Å². The number of amides is 1. The van der Waals surface area contributed by atoms with E-state index >= 15 is 0 Å². The largest absolute Gasteiger partial charge is 0.341 e. The van der Waals surface area contributed by atoms with Gasteiger partial charge < -0.3 is 5.32 Å². The van der Waals surface area contributed by atoms with Gasteiger partial charge in [-0.05, 0) is 29.3 Å². The average molecular weight is 278 g/mol. The van der Waals surface area contributed by atoms with Crippen molar-refractivity contribution < 1.29 is 4.79 Å². The Labute approximate surface area is 115 Å². The van der Waals surface area contributed by atoms with E-state index in [2.05, 4.69) is 5.32 Å². The average Bonchev–Trinajstić information content (AvgIpc) is 2.71. The van der Waals surface area contributed by atoms with Gasteiger partial charge in [-0.1, -0.05) is 47.5 Å². The molecule has 0 bridgehead atoms. The molecule has 0 saturated carbocycles. The SMILES string of the molecule is O=C1NC(c2ccc(Cl)c(Cl)c2)c2ccccc21. The molecule has 0 aromatic heterocycles. The third-order valence-electron chi connectivity index (χ3n) is 3.07. The number of carbonyl (C=O) groups excluding carboxylic acids is 1. The van der Waals surface area contributed by atoms with Gasteiger partial charge >= 0.3 is 0 Å². The highest BCUT2D eigenvalue weighted by Gasteiger charge is 2.29. The van der Waals surface area contributed by atoms with E-state index in [0.717, 1.165) is 11.1 Å². The molecule has 0 radical (unpaired) electrons. The summed E-state index contributed by atoms with van der Waals surface area (Å²) >= 11 is 11.9. The predicted octanol–water partition coefficient (Wildman–Crippen LogP) is 3.83. The Hall–Kier alpha value is -1.51. The topological polar surface area (TPSA) is 29.1 Å². The molecule has 1 atom stereocenters. The highest BCUT2D eigenvalue weighted by molar-refractivity contribution is 6.42. The molecule has 2 aromatic carbocycles. The number of carbonyl (C=O) groups is 1. The van der Waals surface area contributed by atoms with Crippen molar-refractivity contribution in [3.05, 3.63) is 69.2 Å². The number of hydrogen-bond acceptors (Lipinski definition) is 1. The number of benzene rings is 2. The Balaban J connectivity index is 2.09. The molecule has 1 aliphatic rings. The summed E-state index contributed by atoms with van der Waals surface area (Å²) in [5.41, 5.74) is 2.62. The lowest BCUT2D eigenvalue weighted by atomic mass is 9.99. The third kappa shape index (κ3) is 1.78. The van der Waals surface area contributed by atoms with Gasteiger partial charge in [-0.3, -0.25) is 4.79 Å². The van der Waals surface area contributed by atoms with Gasteiger partial charge in [-0.25, -0.2) is 0 Å². The second-order valence-electron chi connectivity index (χ2n) is 4.17. The van der Waals surface area contributed by atoms with E-state index in [0.29, 0.717) is 15.6 Å². The Kier molecular flexibility index (Phi) is 2.77. The fourth-order valence-electron chi connectivity index (χ4n) is 2.20. The van der Waals surface area contributed by atoms with Gasteiger partial charge in [0.05, 0.1) is 16.1 Å². The smallest absolute Gasteiger partial charge is 0.252 e. The van der Waals surface area contributed by atoms with Crippen LogP contribution in [0.4, 0.5) is 0 Å². The molecule has 0 saturated heterocycles. The summed E-state index contributed by atoms with van der Waals surface area (Å²) < 4.78 is 0. The van der Waals surface area contributed by atoms with E-state index in [4.69, 9.17) is 23.2 Å². The second-order valence-corrected chi connectivity index (χ2v) is 4.98. The second kappa shape index (κ2) is 4.30. The van der Waals surface area contributed by atoms with Crippen LogP contribution in [0.5, 0.6) is 0 Å². The Morgan fingerprint density at radius 2 is 1.78 bits per heavy atom. The van der Waals surface area contributed by atoms with E-state index in [9.17, 15) is 4.79 Å². The summed E-state index contributed by atoms with van der Waals surface area (Å²) in [5.74, 6) is -0.0540. The van der Waals surface area contributed by atoms with Gasteiger partial charge in [0, 0.05) is 5.56 Å². The lowest BCUT2D eigenvalue weighted by Gasteiger charge is -2.12. The first-order chi connectivity index (χ1) is 8.66. The molecule has 4 heteroatoms. The van der Waals surface area contributed by atoms with Crippen LogP contribution in [0.1, 0.15) is 27.5 Å². The monoisotopic (exact) mass is 277 g/mol. The number of hydrogen-bond donors (Lipinski definition) is 1. The number of rotatable bonds is 1. The molecule has 90 valence electrons. The van der Waals surface area contributed by atoms with Crippen LogP contribution in [0.2, 0.25) is 10.0 Å². The first kappa shape index (κ1) is 11.6. The third-order valence-corrected chi connectivity index (χ3v) is 3.81. The minimum Gasteiger partial charge on any atom is -0.341 e. The summed E-state index contributed by atoms with van der Waals surface area (Å²) in [5, 5.41) is 3.95. The van der Waals surface area contributed by atoms with Crippen molar-refractivity contribution in [2.24, 2.45) is 0 Å². The number of halogens is 2. The summed E-state index contributed by atoms with van der Waals surface area (Å²) in [6, 6.07) is 12.8. The molecule has 1 N–H and O–H groups in total. The molecule has 1 unspecified atom stereocenters. The minimum absolute atomic E-state index is 0.0540. The highest BCUT2D eigenvalue weighted by atomic mass is 35.5. The maximum Gasteiger partial charge on any atom is 0.252 e. The van der Waals surface area contributed by atoms with Crippen LogP contribution in [-0.2, 0) is 0 Å². The molecular weight excluding hydrogens is 269 g/mol. The normalized spacial score (nSPS) is 17.4. The van der Waals surface area contributed by atoms with Crippen LogP contribution in [0.25, 0.3) is 0 Å². The molecule has 2 aromatic rings. The summed E-state index contributed by atoms with van der Waals surface area (Å²) in [6.45, 7) is 0. The van der Waals surface area contributed by atoms with E-state index in [1.807, 2.05) is 30.3 Å². The highest BCUT2D eigenvalue weighted by Crippen LogP contribution is 2.33. The summed E-state index contributed by atoms with van der Waals surface area (Å²) in [4.78, 5) is 11.8. The molecule has 1 amide bonds. The maximum atomic E-state index is 11.8. The van der Waals surface area contributed by atoms with Crippen molar-refractivity contribution in [3.8, 4) is 0 Å². The zero-order valence-electron chi connectivity index (χ0n) is 9.28. The zero-order chi connectivity index (χ0) is 12.7. The maximum absolute atomic E-state index is 11.8. The van der Waals surface area contributed by atoms with Crippen molar-refractivity contribution in [1.82, 2.24) is 5.32 Å². The van der Waals surface area contributed by atoms with Crippen LogP contribution < -0.4 is 5.32 Å². The molecule has 1 heterocycles. The van der Waals surface area contributed by atoms with Crippen LogP contribution in [0.3, 0.4) is 0 Å². The van der Waals surface area contributed by atoms with Crippen LogP contribution in [0, 0.1) is 0 Å². The molecule has 1 aliphatic heterocycles. The fourth-order valence-corrected chi connectivity index (χ4v) is 2.50. The number of nitrogens with one attached hydrogen (secondary N) is 1. The van der Waals surface area contributed by atoms with E-state index in [1.54, 1.807) is 12.1 Å². The van der Waals surface area contributed by atoms with Gasteiger partial charge in [0.25, 0.3) is 5.91 Å². The first-order valence-corrected chi connectivity index (χ1v) is 6.27. The van der Waals surface area contributed by atoms with Gasteiger partial charge in [-0.2, -0.15) is 0 Å². The summed E-state index contributed by atoms with van der Waals surface area (Å²) in [6.07, 6.45) is 0. The zero-order valence-corrected chi connectivity index (χ0v) is 10.8. The van der Waals surface area contributed by atoms with Crippen molar-refractivity contribution >= 4 is 29.1 Å². The Morgan fingerprint density at radius 3 is 2.56 bits per heavy atom.